The van der Waals surface area contributed by atoms with E-state index in [0.29, 0.717) is 13.0 Å². The molecule has 1 aromatic carbocycles. The summed E-state index contributed by atoms with van der Waals surface area (Å²) in [6.45, 7) is -2.51. The van der Waals surface area contributed by atoms with Gasteiger partial charge < -0.3 is 30.2 Å². The molecule has 1 aliphatic heterocycles. The highest BCUT2D eigenvalue weighted by atomic mass is 16.5. The van der Waals surface area contributed by atoms with E-state index < -0.39 is 44.5 Å². The molecular formula is C19H27N5O4. The molecule has 1 atom stereocenters. The molecule has 9 heteroatoms. The van der Waals surface area contributed by atoms with Crippen LogP contribution in [-0.2, 0) is 9.53 Å². The molecule has 1 aliphatic rings. The summed E-state index contributed by atoms with van der Waals surface area (Å²) in [5.74, 6) is -2.07. The second-order valence-corrected chi connectivity index (χ2v) is 6.07. The molecule has 1 unspecified atom stereocenters. The molecular weight excluding hydrogens is 362 g/mol. The van der Waals surface area contributed by atoms with Crippen LogP contribution in [0.4, 0.5) is 11.8 Å². The van der Waals surface area contributed by atoms with E-state index in [-0.39, 0.29) is 48.6 Å². The fourth-order valence-electron chi connectivity index (χ4n) is 2.74. The predicted molar refractivity (Wildman–Crippen MR) is 107 cm³/mol. The first-order valence-electron chi connectivity index (χ1n) is 13.6. The number of fused-ring (bicyclic) bond motifs is 1. The van der Waals surface area contributed by atoms with Gasteiger partial charge in [-0.15, -0.1) is 0 Å². The Balaban J connectivity index is 1.88. The van der Waals surface area contributed by atoms with Crippen molar-refractivity contribution in [1.82, 2.24) is 15.3 Å². The maximum atomic E-state index is 12.2. The Morgan fingerprint density at radius 1 is 1.43 bits per heavy atom. The summed E-state index contributed by atoms with van der Waals surface area (Å²) in [5.41, 5.74) is 6.00. The Labute approximate surface area is 178 Å². The van der Waals surface area contributed by atoms with Crippen molar-refractivity contribution in [3.8, 4) is 11.5 Å². The number of nitrogens with one attached hydrogen (secondary N) is 1. The molecule has 9 nitrogen and oxygen atoms in total. The van der Waals surface area contributed by atoms with E-state index >= 15 is 0 Å². The highest BCUT2D eigenvalue weighted by molar-refractivity contribution is 5.91. The van der Waals surface area contributed by atoms with Crippen LogP contribution in [0.2, 0.25) is 0 Å². The number of hydrogen-bond acceptors (Lipinski definition) is 8. The smallest absolute Gasteiger partial charge is 0.249 e. The summed E-state index contributed by atoms with van der Waals surface area (Å²) in [7, 11) is -5.90. The number of anilines is 2. The van der Waals surface area contributed by atoms with Gasteiger partial charge in [0.15, 0.2) is 11.5 Å². The fourth-order valence-corrected chi connectivity index (χ4v) is 2.74. The molecule has 1 aromatic heterocycles. The van der Waals surface area contributed by atoms with E-state index in [9.17, 15) is 4.79 Å². The number of amides is 1. The number of ether oxygens (including phenoxy) is 3. The van der Waals surface area contributed by atoms with Gasteiger partial charge in [-0.3, -0.25) is 4.79 Å². The predicted octanol–water partition coefficient (Wildman–Crippen LogP) is 1.35. The number of hydrogen-bond donors (Lipinski definition) is 2. The third kappa shape index (κ3) is 4.36. The summed E-state index contributed by atoms with van der Waals surface area (Å²) >= 11 is 0. The normalized spacial score (nSPS) is 25.4. The Kier molecular flexibility index (Phi) is 3.39. The monoisotopic (exact) mass is 399 g/mol. The fraction of sp³-hybridized carbons (Fsp3) is 0.526. The van der Waals surface area contributed by atoms with E-state index in [1.165, 1.54) is 0 Å². The molecule has 0 bridgehead atoms. The maximum Gasteiger partial charge on any atom is 0.249 e. The molecule has 3 rings (SSSR count). The molecule has 152 valence electrons. The SMILES string of the molecule is [2H]C([2H])([2H])Oc1cc2nc(N(CCCNC(=O)C3([2H])CCCO3)C([2H])([2H])[2H])nc(N)c2cc1OC([2H])([2H])[2H]. The standard InChI is InChI=1S/C19H27N5O4/c1-24(8-5-7-21-18(25)14-6-4-9-28-14)19-22-13-11-16(27-3)15(26-2)10-12(13)17(20)23-19/h10-11,14H,4-9H2,1-3H3,(H,21,25)(H2,20,22,23)/i1D3,2D3,3D3,14D. The van der Waals surface area contributed by atoms with E-state index in [0.717, 1.165) is 17.0 Å². The Morgan fingerprint density at radius 3 is 2.96 bits per heavy atom. The largest absolute Gasteiger partial charge is 0.493 e. The lowest BCUT2D eigenvalue weighted by atomic mass is 10.2. The first-order valence-corrected chi connectivity index (χ1v) is 8.57. The van der Waals surface area contributed by atoms with Gasteiger partial charge in [0.25, 0.3) is 0 Å². The molecule has 2 aromatic rings. The molecule has 0 radical (unpaired) electrons. The zero-order chi connectivity index (χ0) is 28.5. The van der Waals surface area contributed by atoms with Crippen molar-refractivity contribution in [3.63, 3.8) is 0 Å². The summed E-state index contributed by atoms with van der Waals surface area (Å²) in [6, 6.07) is 2.16. The van der Waals surface area contributed by atoms with E-state index in [2.05, 4.69) is 15.3 Å². The summed E-state index contributed by atoms with van der Waals surface area (Å²) < 4.78 is 90.7. The number of methoxy groups -OCH3 is 2. The molecule has 0 spiro atoms. The zero-order valence-corrected chi connectivity index (χ0v) is 14.9. The topological polar surface area (TPSA) is 112 Å². The van der Waals surface area contributed by atoms with Crippen molar-refractivity contribution in [2.45, 2.75) is 25.3 Å². The van der Waals surface area contributed by atoms with Gasteiger partial charge in [-0.25, -0.2) is 4.98 Å². The maximum absolute atomic E-state index is 12.2. The minimum absolute atomic E-state index is 0.0262. The van der Waals surface area contributed by atoms with Gasteiger partial charge in [0.2, 0.25) is 11.9 Å². The van der Waals surface area contributed by atoms with Gasteiger partial charge in [-0.1, -0.05) is 0 Å². The van der Waals surface area contributed by atoms with Gasteiger partial charge in [-0.05, 0) is 25.3 Å². The van der Waals surface area contributed by atoms with Crippen molar-refractivity contribution in [3.05, 3.63) is 12.1 Å². The van der Waals surface area contributed by atoms with Crippen LogP contribution in [0, 0.1) is 0 Å². The molecule has 1 saturated heterocycles. The Hall–Kier alpha value is -2.81. The van der Waals surface area contributed by atoms with Crippen molar-refractivity contribution in [1.29, 1.82) is 0 Å². The molecule has 2 heterocycles. The first kappa shape index (κ1) is 10.7. The lowest BCUT2D eigenvalue weighted by molar-refractivity contribution is -0.130. The minimum atomic E-state index is -2.96. The van der Waals surface area contributed by atoms with Crippen LogP contribution in [0.25, 0.3) is 10.9 Å². The third-order valence-electron chi connectivity index (χ3n) is 4.16. The van der Waals surface area contributed by atoms with Gasteiger partial charge in [0, 0.05) is 42.2 Å². The zero-order valence-electron chi connectivity index (χ0n) is 24.9. The van der Waals surface area contributed by atoms with Crippen LogP contribution < -0.4 is 25.4 Å². The number of aromatic nitrogens is 2. The number of carbonyl (C=O) groups is 1. The number of nitrogen functional groups attached to an aromatic ring is 1. The number of rotatable bonds is 8. The summed E-state index contributed by atoms with van der Waals surface area (Å²) in [5, 5.41) is 2.63. The second-order valence-electron chi connectivity index (χ2n) is 6.07. The summed E-state index contributed by atoms with van der Waals surface area (Å²) in [4.78, 5) is 21.3. The third-order valence-corrected chi connectivity index (χ3v) is 4.16. The number of nitrogens with two attached hydrogens (primary N) is 1. The van der Waals surface area contributed by atoms with Crippen LogP contribution in [0.3, 0.4) is 0 Å². The van der Waals surface area contributed by atoms with Crippen LogP contribution in [0.1, 0.15) is 33.0 Å². The van der Waals surface area contributed by atoms with Crippen LogP contribution in [-0.4, -0.2) is 62.7 Å². The minimum Gasteiger partial charge on any atom is -0.493 e. The first-order chi connectivity index (χ1) is 17.4. The van der Waals surface area contributed by atoms with Gasteiger partial charge in [0.1, 0.15) is 11.9 Å². The molecule has 1 amide bonds. The van der Waals surface area contributed by atoms with Gasteiger partial charge in [-0.2, -0.15) is 4.98 Å². The number of carbonyl (C=O) groups excluding carboxylic acids is 1. The number of nitrogens with zero attached hydrogens (tertiary/aromatic N) is 3. The molecule has 0 saturated carbocycles. The van der Waals surface area contributed by atoms with Crippen LogP contribution in [0.5, 0.6) is 11.5 Å². The molecule has 3 N–H and O–H groups in total. The lowest BCUT2D eigenvalue weighted by Crippen LogP contribution is -2.36. The van der Waals surface area contributed by atoms with Crippen molar-refractivity contribution in [2.24, 2.45) is 0 Å². The summed E-state index contributed by atoms with van der Waals surface area (Å²) in [6.07, 6.45) is -0.666. The Bertz CT molecular complexity index is 1170. The average molecular weight is 400 g/mol. The highest BCUT2D eigenvalue weighted by Crippen LogP contribution is 2.33. The molecule has 0 aliphatic carbocycles. The second kappa shape index (κ2) is 8.92. The van der Waals surface area contributed by atoms with Gasteiger partial charge in [0.05, 0.1) is 29.2 Å². The van der Waals surface area contributed by atoms with E-state index in [4.69, 9.17) is 33.7 Å². The van der Waals surface area contributed by atoms with E-state index in [1.54, 1.807) is 0 Å². The van der Waals surface area contributed by atoms with E-state index in [1.807, 2.05) is 0 Å². The Morgan fingerprint density at radius 2 is 2.25 bits per heavy atom. The highest BCUT2D eigenvalue weighted by Gasteiger charge is 2.22. The lowest BCUT2D eigenvalue weighted by Gasteiger charge is -2.19. The quantitative estimate of drug-likeness (QED) is 0.640. The molecule has 28 heavy (non-hydrogen) atoms. The van der Waals surface area contributed by atoms with Crippen molar-refractivity contribution < 1.29 is 32.7 Å². The van der Waals surface area contributed by atoms with Crippen molar-refractivity contribution >= 4 is 28.6 Å². The molecule has 1 fully saturated rings. The van der Waals surface area contributed by atoms with Crippen LogP contribution >= 0.6 is 0 Å². The van der Waals surface area contributed by atoms with Crippen molar-refractivity contribution in [2.75, 3.05) is 51.4 Å². The van der Waals surface area contributed by atoms with Gasteiger partial charge >= 0.3 is 0 Å². The number of benzene rings is 1. The average Bonchev–Trinajstić information content (AvgIpc) is 3.19. The van der Waals surface area contributed by atoms with Crippen LogP contribution in [0.15, 0.2) is 12.1 Å².